The molecule has 0 aromatic carbocycles. The van der Waals surface area contributed by atoms with Gasteiger partial charge in [-0.3, -0.25) is 0 Å². The molecule has 92 valence electrons. The summed E-state index contributed by atoms with van der Waals surface area (Å²) in [5.41, 5.74) is 0.621. The van der Waals surface area contributed by atoms with Crippen LogP contribution in [-0.2, 0) is 4.74 Å². The summed E-state index contributed by atoms with van der Waals surface area (Å²) in [6.45, 7) is 7.45. The van der Waals surface area contributed by atoms with Gasteiger partial charge in [-0.1, -0.05) is 6.07 Å². The zero-order valence-electron chi connectivity index (χ0n) is 10.5. The standard InChI is InChI=1S/C12H18N4O/c1-4-17-12(2,3)9-13-11-14-10-7-5-6-8-16(10)15-11/h5-8H,4,9H2,1-3H3,(H,13,15). The van der Waals surface area contributed by atoms with Gasteiger partial charge in [0, 0.05) is 19.3 Å². The lowest BCUT2D eigenvalue weighted by molar-refractivity contribution is 0.000586. The van der Waals surface area contributed by atoms with E-state index in [4.69, 9.17) is 4.74 Å². The number of aromatic nitrogens is 3. The second kappa shape index (κ2) is 4.71. The number of nitrogens with zero attached hydrogens (tertiary/aromatic N) is 3. The van der Waals surface area contributed by atoms with Crippen molar-refractivity contribution in [1.29, 1.82) is 0 Å². The highest BCUT2D eigenvalue weighted by atomic mass is 16.5. The molecule has 0 amide bonds. The van der Waals surface area contributed by atoms with Crippen molar-refractivity contribution in [3.63, 3.8) is 0 Å². The molecule has 0 bridgehead atoms. The van der Waals surface area contributed by atoms with Crippen LogP contribution in [0.3, 0.4) is 0 Å². The summed E-state index contributed by atoms with van der Waals surface area (Å²) in [7, 11) is 0. The van der Waals surface area contributed by atoms with Gasteiger partial charge in [0.05, 0.1) is 5.60 Å². The van der Waals surface area contributed by atoms with E-state index in [1.165, 1.54) is 0 Å². The number of nitrogens with one attached hydrogen (secondary N) is 1. The first-order valence-electron chi connectivity index (χ1n) is 5.80. The van der Waals surface area contributed by atoms with E-state index < -0.39 is 0 Å². The number of hydrogen-bond acceptors (Lipinski definition) is 4. The normalized spacial score (nSPS) is 11.9. The molecule has 0 aliphatic rings. The van der Waals surface area contributed by atoms with Crippen LogP contribution in [0, 0.1) is 0 Å². The molecular formula is C12H18N4O. The van der Waals surface area contributed by atoms with Crippen LogP contribution in [0.25, 0.3) is 5.65 Å². The van der Waals surface area contributed by atoms with Crippen molar-refractivity contribution in [3.05, 3.63) is 24.4 Å². The molecule has 17 heavy (non-hydrogen) atoms. The second-order valence-electron chi connectivity index (χ2n) is 4.49. The van der Waals surface area contributed by atoms with Crippen LogP contribution < -0.4 is 5.32 Å². The lowest BCUT2D eigenvalue weighted by Gasteiger charge is -2.24. The Bertz CT molecular complexity index is 459. The first-order valence-corrected chi connectivity index (χ1v) is 5.80. The SMILES string of the molecule is CCOC(C)(C)CNc1nc2ccccn2n1. The Morgan fingerprint density at radius 2 is 2.24 bits per heavy atom. The van der Waals surface area contributed by atoms with Crippen molar-refractivity contribution in [2.45, 2.75) is 26.4 Å². The minimum atomic E-state index is -0.216. The molecule has 5 heteroatoms. The van der Waals surface area contributed by atoms with Gasteiger partial charge in [-0.05, 0) is 32.9 Å². The minimum absolute atomic E-state index is 0.216. The maximum Gasteiger partial charge on any atom is 0.243 e. The molecule has 0 radical (unpaired) electrons. The molecule has 2 aromatic rings. The molecule has 5 nitrogen and oxygen atoms in total. The van der Waals surface area contributed by atoms with Gasteiger partial charge in [-0.25, -0.2) is 4.52 Å². The predicted octanol–water partition coefficient (Wildman–Crippen LogP) is 1.96. The summed E-state index contributed by atoms with van der Waals surface area (Å²) in [6.07, 6.45) is 1.88. The quantitative estimate of drug-likeness (QED) is 0.859. The lowest BCUT2D eigenvalue weighted by Crippen LogP contribution is -2.33. The van der Waals surface area contributed by atoms with E-state index in [0.717, 1.165) is 5.65 Å². The Kier molecular flexibility index (Phi) is 3.28. The number of hydrogen-bond donors (Lipinski definition) is 1. The van der Waals surface area contributed by atoms with Gasteiger partial charge in [-0.15, -0.1) is 5.10 Å². The van der Waals surface area contributed by atoms with Crippen LogP contribution in [0.15, 0.2) is 24.4 Å². The maximum atomic E-state index is 5.60. The largest absolute Gasteiger partial charge is 0.374 e. The number of rotatable bonds is 5. The predicted molar refractivity (Wildman–Crippen MR) is 67.2 cm³/mol. The van der Waals surface area contributed by atoms with Crippen molar-refractivity contribution >= 4 is 11.6 Å². The average molecular weight is 234 g/mol. The molecule has 0 aliphatic carbocycles. The number of anilines is 1. The topological polar surface area (TPSA) is 51.5 Å². The summed E-state index contributed by atoms with van der Waals surface area (Å²) < 4.78 is 7.35. The van der Waals surface area contributed by atoms with Gasteiger partial charge in [0.1, 0.15) is 0 Å². The fraction of sp³-hybridized carbons (Fsp3) is 0.500. The molecular weight excluding hydrogens is 216 g/mol. The highest BCUT2D eigenvalue weighted by molar-refractivity contribution is 5.42. The Balaban J connectivity index is 2.04. The Morgan fingerprint density at radius 1 is 1.41 bits per heavy atom. The lowest BCUT2D eigenvalue weighted by atomic mass is 10.1. The molecule has 0 fully saturated rings. The molecule has 2 rings (SSSR count). The van der Waals surface area contributed by atoms with Crippen LogP contribution in [0.1, 0.15) is 20.8 Å². The molecule has 0 spiro atoms. The van der Waals surface area contributed by atoms with Crippen LogP contribution in [0.2, 0.25) is 0 Å². The molecule has 0 atom stereocenters. The van der Waals surface area contributed by atoms with Crippen molar-refractivity contribution in [1.82, 2.24) is 14.6 Å². The monoisotopic (exact) mass is 234 g/mol. The molecule has 0 saturated heterocycles. The Hall–Kier alpha value is -1.62. The van der Waals surface area contributed by atoms with Gasteiger partial charge in [0.25, 0.3) is 0 Å². The summed E-state index contributed by atoms with van der Waals surface area (Å²) in [5.74, 6) is 0.629. The fourth-order valence-electron chi connectivity index (χ4n) is 1.64. The highest BCUT2D eigenvalue weighted by Gasteiger charge is 2.17. The fourth-order valence-corrected chi connectivity index (χ4v) is 1.64. The molecule has 0 aliphatic heterocycles. The smallest absolute Gasteiger partial charge is 0.243 e. The summed E-state index contributed by atoms with van der Waals surface area (Å²) in [6, 6.07) is 5.79. The van der Waals surface area contributed by atoms with E-state index in [1.54, 1.807) is 4.52 Å². The van der Waals surface area contributed by atoms with E-state index in [1.807, 2.05) is 45.2 Å². The van der Waals surface area contributed by atoms with Gasteiger partial charge >= 0.3 is 0 Å². The first-order chi connectivity index (χ1) is 8.11. The number of fused-ring (bicyclic) bond motifs is 1. The van der Waals surface area contributed by atoms with Crippen molar-refractivity contribution < 1.29 is 4.74 Å². The number of ether oxygens (including phenoxy) is 1. The van der Waals surface area contributed by atoms with Crippen LogP contribution >= 0.6 is 0 Å². The number of pyridine rings is 1. The molecule has 1 N–H and O–H groups in total. The van der Waals surface area contributed by atoms with Gasteiger partial charge < -0.3 is 10.1 Å². The zero-order chi connectivity index (χ0) is 12.3. The maximum absolute atomic E-state index is 5.60. The Morgan fingerprint density at radius 3 is 2.94 bits per heavy atom. The Labute approximate surface area is 101 Å². The zero-order valence-corrected chi connectivity index (χ0v) is 10.5. The van der Waals surface area contributed by atoms with Gasteiger partial charge in [-0.2, -0.15) is 4.98 Å². The van der Waals surface area contributed by atoms with Gasteiger partial charge in [0.15, 0.2) is 5.65 Å². The van der Waals surface area contributed by atoms with Crippen molar-refractivity contribution in [2.75, 3.05) is 18.5 Å². The van der Waals surface area contributed by atoms with E-state index in [-0.39, 0.29) is 5.60 Å². The first kappa shape index (κ1) is 11.9. The third-order valence-electron chi connectivity index (χ3n) is 2.45. The van der Waals surface area contributed by atoms with E-state index >= 15 is 0 Å². The molecule has 0 unspecified atom stereocenters. The third kappa shape index (κ3) is 2.94. The molecule has 0 saturated carbocycles. The van der Waals surface area contributed by atoms with Crippen LogP contribution in [0.5, 0.6) is 0 Å². The van der Waals surface area contributed by atoms with Crippen LogP contribution in [-0.4, -0.2) is 33.4 Å². The van der Waals surface area contributed by atoms with Gasteiger partial charge in [0.2, 0.25) is 5.95 Å². The third-order valence-corrected chi connectivity index (χ3v) is 2.45. The van der Waals surface area contributed by atoms with Crippen molar-refractivity contribution in [2.24, 2.45) is 0 Å². The van der Waals surface area contributed by atoms with E-state index in [0.29, 0.717) is 19.1 Å². The van der Waals surface area contributed by atoms with Crippen molar-refractivity contribution in [3.8, 4) is 0 Å². The summed E-state index contributed by atoms with van der Waals surface area (Å²) in [5, 5.41) is 7.51. The van der Waals surface area contributed by atoms with E-state index in [9.17, 15) is 0 Å². The average Bonchev–Trinajstić information content (AvgIpc) is 2.69. The summed E-state index contributed by atoms with van der Waals surface area (Å²) >= 11 is 0. The summed E-state index contributed by atoms with van der Waals surface area (Å²) in [4.78, 5) is 4.36. The minimum Gasteiger partial charge on any atom is -0.374 e. The van der Waals surface area contributed by atoms with E-state index in [2.05, 4.69) is 15.4 Å². The molecule has 2 aromatic heterocycles. The van der Waals surface area contributed by atoms with Crippen LogP contribution in [0.4, 0.5) is 5.95 Å². The second-order valence-corrected chi connectivity index (χ2v) is 4.49. The highest BCUT2D eigenvalue weighted by Crippen LogP contribution is 2.11. The molecule has 2 heterocycles.